The van der Waals surface area contributed by atoms with Gasteiger partial charge in [0.15, 0.2) is 0 Å². The number of thioether (sulfide) groups is 1. The van der Waals surface area contributed by atoms with Crippen molar-refractivity contribution in [3.63, 3.8) is 0 Å². The monoisotopic (exact) mass is 266 g/mol. The van der Waals surface area contributed by atoms with Crippen molar-refractivity contribution in [2.24, 2.45) is 12.8 Å². The van der Waals surface area contributed by atoms with Gasteiger partial charge in [0.1, 0.15) is 11.7 Å². The number of tetrazole rings is 1. The zero-order valence-electron chi connectivity index (χ0n) is 9.59. The number of aryl methyl sites for hydroxylation is 1. The lowest BCUT2D eigenvalue weighted by Crippen LogP contribution is -2.11. The van der Waals surface area contributed by atoms with E-state index in [0.717, 1.165) is 0 Å². The maximum Gasteiger partial charge on any atom is 0.209 e. The molecular formula is C10H11FN6S. The fourth-order valence-corrected chi connectivity index (χ4v) is 2.15. The highest BCUT2D eigenvalue weighted by molar-refractivity contribution is 7.98. The first-order valence-corrected chi connectivity index (χ1v) is 6.04. The number of nitrogen functional groups attached to an aromatic ring is 1. The van der Waals surface area contributed by atoms with Crippen LogP contribution in [0.2, 0.25) is 0 Å². The van der Waals surface area contributed by atoms with Crippen LogP contribution in [0.4, 0.5) is 4.39 Å². The molecule has 0 aliphatic carbocycles. The van der Waals surface area contributed by atoms with E-state index in [9.17, 15) is 4.39 Å². The fraction of sp³-hybridized carbons (Fsp3) is 0.200. The zero-order valence-corrected chi connectivity index (χ0v) is 10.4. The van der Waals surface area contributed by atoms with E-state index < -0.39 is 0 Å². The van der Waals surface area contributed by atoms with Crippen molar-refractivity contribution in [1.82, 2.24) is 20.2 Å². The van der Waals surface area contributed by atoms with Gasteiger partial charge in [-0.25, -0.2) is 9.07 Å². The summed E-state index contributed by atoms with van der Waals surface area (Å²) in [5.74, 6) is -0.117. The topological polar surface area (TPSA) is 93.5 Å². The van der Waals surface area contributed by atoms with E-state index in [1.165, 1.54) is 22.5 Å². The normalized spacial score (nSPS) is 10.6. The molecule has 2 aromatic rings. The van der Waals surface area contributed by atoms with Crippen LogP contribution in [0.15, 0.2) is 23.4 Å². The minimum absolute atomic E-state index is 0.148. The average molecular weight is 266 g/mol. The summed E-state index contributed by atoms with van der Waals surface area (Å²) in [6, 6.07) is 4.49. The molecule has 0 saturated heterocycles. The Morgan fingerprint density at radius 2 is 2.33 bits per heavy atom. The van der Waals surface area contributed by atoms with Crippen molar-refractivity contribution >= 4 is 17.6 Å². The lowest BCUT2D eigenvalue weighted by atomic mass is 10.1. The van der Waals surface area contributed by atoms with Crippen LogP contribution in [-0.2, 0) is 12.8 Å². The number of benzene rings is 1. The molecule has 1 aromatic carbocycles. The SMILES string of the molecule is Cn1nnnc1SCc1ccc(C(=N)N)cc1F. The van der Waals surface area contributed by atoms with Gasteiger partial charge in [0.05, 0.1) is 0 Å². The van der Waals surface area contributed by atoms with Gasteiger partial charge < -0.3 is 5.73 Å². The van der Waals surface area contributed by atoms with E-state index in [4.69, 9.17) is 11.1 Å². The molecule has 94 valence electrons. The molecule has 0 amide bonds. The molecule has 1 aromatic heterocycles. The Kier molecular flexibility index (Phi) is 3.56. The first-order valence-electron chi connectivity index (χ1n) is 5.06. The van der Waals surface area contributed by atoms with Gasteiger partial charge >= 0.3 is 0 Å². The second-order valence-corrected chi connectivity index (χ2v) is 4.54. The molecule has 0 radical (unpaired) electrons. The Bertz CT molecular complexity index is 581. The Morgan fingerprint density at radius 1 is 1.56 bits per heavy atom. The summed E-state index contributed by atoms with van der Waals surface area (Å²) in [4.78, 5) is 0. The molecule has 6 nitrogen and oxygen atoms in total. The van der Waals surface area contributed by atoms with E-state index in [-0.39, 0.29) is 11.7 Å². The minimum Gasteiger partial charge on any atom is -0.384 e. The van der Waals surface area contributed by atoms with Crippen molar-refractivity contribution in [1.29, 1.82) is 5.41 Å². The quantitative estimate of drug-likeness (QED) is 0.487. The van der Waals surface area contributed by atoms with Crippen molar-refractivity contribution in [3.8, 4) is 0 Å². The van der Waals surface area contributed by atoms with Crippen LogP contribution in [0.3, 0.4) is 0 Å². The highest BCUT2D eigenvalue weighted by Gasteiger charge is 2.08. The molecule has 0 spiro atoms. The predicted octanol–water partition coefficient (Wildman–Crippen LogP) is 0.926. The number of halogens is 1. The van der Waals surface area contributed by atoms with Crippen LogP contribution < -0.4 is 5.73 Å². The third-order valence-electron chi connectivity index (χ3n) is 2.30. The van der Waals surface area contributed by atoms with Crippen molar-refractivity contribution in [3.05, 3.63) is 35.1 Å². The number of hydrogen-bond donors (Lipinski definition) is 2. The Balaban J connectivity index is 2.11. The molecule has 3 N–H and O–H groups in total. The molecule has 0 aliphatic rings. The third-order valence-corrected chi connectivity index (χ3v) is 3.36. The summed E-state index contributed by atoms with van der Waals surface area (Å²) in [6.07, 6.45) is 0. The Labute approximate surface area is 107 Å². The van der Waals surface area contributed by atoms with Gasteiger partial charge in [-0.15, -0.1) is 5.10 Å². The number of rotatable bonds is 4. The van der Waals surface area contributed by atoms with Gasteiger partial charge in [-0.3, -0.25) is 5.41 Å². The zero-order chi connectivity index (χ0) is 13.1. The molecular weight excluding hydrogens is 255 g/mol. The van der Waals surface area contributed by atoms with Crippen molar-refractivity contribution in [2.75, 3.05) is 0 Å². The minimum atomic E-state index is -0.384. The molecule has 0 aliphatic heterocycles. The maximum absolute atomic E-state index is 13.7. The molecule has 8 heteroatoms. The standard InChI is InChI=1S/C10H11FN6S/c1-17-10(14-15-16-17)18-5-7-3-2-6(9(12)13)4-8(7)11/h2-4H,5H2,1H3,(H3,12,13). The maximum atomic E-state index is 13.7. The molecule has 1 heterocycles. The van der Waals surface area contributed by atoms with Gasteiger partial charge in [0, 0.05) is 18.4 Å². The highest BCUT2D eigenvalue weighted by Crippen LogP contribution is 2.21. The molecule has 0 unspecified atom stereocenters. The van der Waals surface area contributed by atoms with E-state index >= 15 is 0 Å². The smallest absolute Gasteiger partial charge is 0.209 e. The first-order chi connectivity index (χ1) is 8.58. The van der Waals surface area contributed by atoms with Gasteiger partial charge in [-0.05, 0) is 22.1 Å². The van der Waals surface area contributed by atoms with Crippen LogP contribution in [0.5, 0.6) is 0 Å². The largest absolute Gasteiger partial charge is 0.384 e. The lowest BCUT2D eigenvalue weighted by molar-refractivity contribution is 0.616. The molecule has 2 rings (SSSR count). The Hall–Kier alpha value is -1.96. The highest BCUT2D eigenvalue weighted by atomic mass is 32.2. The predicted molar refractivity (Wildman–Crippen MR) is 65.8 cm³/mol. The summed E-state index contributed by atoms with van der Waals surface area (Å²) in [5, 5.41) is 18.8. The average Bonchev–Trinajstić information content (AvgIpc) is 2.73. The van der Waals surface area contributed by atoms with Crippen LogP contribution in [0.25, 0.3) is 0 Å². The van der Waals surface area contributed by atoms with Crippen molar-refractivity contribution < 1.29 is 4.39 Å². The number of hydrogen-bond acceptors (Lipinski definition) is 5. The van der Waals surface area contributed by atoms with Crippen molar-refractivity contribution in [2.45, 2.75) is 10.9 Å². The molecule has 0 saturated carbocycles. The number of nitrogens with zero attached hydrogens (tertiary/aromatic N) is 4. The fourth-order valence-electron chi connectivity index (χ4n) is 1.32. The summed E-state index contributed by atoms with van der Waals surface area (Å²) in [5.41, 5.74) is 6.18. The Morgan fingerprint density at radius 3 is 2.89 bits per heavy atom. The summed E-state index contributed by atoms with van der Waals surface area (Å²) in [6.45, 7) is 0. The summed E-state index contributed by atoms with van der Waals surface area (Å²) < 4.78 is 15.2. The van der Waals surface area contributed by atoms with E-state index in [0.29, 0.717) is 22.0 Å². The molecule has 0 fully saturated rings. The number of nitrogens with two attached hydrogens (primary N) is 1. The van der Waals surface area contributed by atoms with E-state index in [2.05, 4.69) is 15.5 Å². The van der Waals surface area contributed by atoms with Crippen LogP contribution >= 0.6 is 11.8 Å². The lowest BCUT2D eigenvalue weighted by Gasteiger charge is -2.04. The van der Waals surface area contributed by atoms with Crippen LogP contribution in [0, 0.1) is 11.2 Å². The number of aromatic nitrogens is 4. The second kappa shape index (κ2) is 5.13. The third kappa shape index (κ3) is 2.65. The van der Waals surface area contributed by atoms with Crippen LogP contribution in [0.1, 0.15) is 11.1 Å². The molecule has 18 heavy (non-hydrogen) atoms. The van der Waals surface area contributed by atoms with E-state index in [1.807, 2.05) is 0 Å². The summed E-state index contributed by atoms with van der Waals surface area (Å²) >= 11 is 1.34. The van der Waals surface area contributed by atoms with E-state index in [1.54, 1.807) is 19.2 Å². The van der Waals surface area contributed by atoms with Gasteiger partial charge in [-0.2, -0.15) is 0 Å². The summed E-state index contributed by atoms with van der Waals surface area (Å²) in [7, 11) is 1.72. The van der Waals surface area contributed by atoms with Gasteiger partial charge in [-0.1, -0.05) is 23.9 Å². The van der Waals surface area contributed by atoms with Gasteiger partial charge in [0.25, 0.3) is 0 Å². The number of amidine groups is 1. The second-order valence-electron chi connectivity index (χ2n) is 3.59. The van der Waals surface area contributed by atoms with Crippen LogP contribution in [-0.4, -0.2) is 26.0 Å². The molecule has 0 atom stereocenters. The number of nitrogens with one attached hydrogen (secondary N) is 1. The first kappa shape index (κ1) is 12.5. The molecule has 0 bridgehead atoms. The van der Waals surface area contributed by atoms with Gasteiger partial charge in [0.2, 0.25) is 5.16 Å².